The number of nitrogens with two attached hydrogens (primary N) is 1. The molecular weight excluding hydrogens is 226 g/mol. The molecular formula is C14H21N3O. The van der Waals surface area contributed by atoms with Crippen LogP contribution in [0.2, 0.25) is 0 Å². The fourth-order valence-corrected chi connectivity index (χ4v) is 2.32. The summed E-state index contributed by atoms with van der Waals surface area (Å²) in [5.41, 5.74) is 5.18. The van der Waals surface area contributed by atoms with Crippen LogP contribution in [0.4, 0.5) is 5.69 Å². The van der Waals surface area contributed by atoms with Gasteiger partial charge in [0.2, 0.25) is 0 Å². The lowest BCUT2D eigenvalue weighted by Gasteiger charge is -2.38. The van der Waals surface area contributed by atoms with Crippen molar-refractivity contribution in [3.05, 3.63) is 29.3 Å². The van der Waals surface area contributed by atoms with E-state index in [0.29, 0.717) is 11.3 Å². The molecule has 0 radical (unpaired) electrons. The Bertz CT molecular complexity index is 452. The van der Waals surface area contributed by atoms with E-state index in [0.717, 1.165) is 12.1 Å². The number of amides is 1. The molecule has 1 amide bonds. The van der Waals surface area contributed by atoms with Crippen molar-refractivity contribution in [1.82, 2.24) is 5.32 Å². The van der Waals surface area contributed by atoms with E-state index in [2.05, 4.69) is 17.7 Å². The van der Waals surface area contributed by atoms with Gasteiger partial charge in [0.25, 0.3) is 5.91 Å². The molecule has 4 nitrogen and oxygen atoms in total. The number of carbonyl (C=O) groups excluding carboxylic acids is 1. The molecule has 1 aromatic rings. The Morgan fingerprint density at radius 3 is 2.72 bits per heavy atom. The highest BCUT2D eigenvalue weighted by Gasteiger charge is 2.32. The Hall–Kier alpha value is -1.55. The first-order valence-electron chi connectivity index (χ1n) is 6.40. The van der Waals surface area contributed by atoms with E-state index in [1.807, 2.05) is 25.1 Å². The molecule has 1 aliphatic rings. The van der Waals surface area contributed by atoms with E-state index in [9.17, 15) is 4.79 Å². The molecule has 0 heterocycles. The zero-order valence-corrected chi connectivity index (χ0v) is 11.0. The maximum absolute atomic E-state index is 12.2. The van der Waals surface area contributed by atoms with Crippen molar-refractivity contribution in [2.45, 2.75) is 33.1 Å². The Kier molecular flexibility index (Phi) is 3.57. The summed E-state index contributed by atoms with van der Waals surface area (Å²) in [5, 5.41) is 3.01. The summed E-state index contributed by atoms with van der Waals surface area (Å²) in [6.45, 7) is 4.92. The van der Waals surface area contributed by atoms with E-state index < -0.39 is 0 Å². The van der Waals surface area contributed by atoms with Gasteiger partial charge in [0.1, 0.15) is 0 Å². The van der Waals surface area contributed by atoms with Crippen molar-refractivity contribution < 1.29 is 4.79 Å². The normalized spacial score (nSPS) is 16.8. The number of hydrogen-bond acceptors (Lipinski definition) is 3. The molecule has 0 aromatic heterocycles. The van der Waals surface area contributed by atoms with E-state index in [4.69, 9.17) is 5.84 Å². The summed E-state index contributed by atoms with van der Waals surface area (Å²) in [6.07, 6.45) is 3.67. The molecule has 18 heavy (non-hydrogen) atoms. The van der Waals surface area contributed by atoms with Crippen molar-refractivity contribution in [3.8, 4) is 0 Å². The largest absolute Gasteiger partial charge is 0.351 e. The van der Waals surface area contributed by atoms with Gasteiger partial charge in [0.05, 0.1) is 11.3 Å². The predicted octanol–water partition coefficient (Wildman–Crippen LogP) is 2.20. The van der Waals surface area contributed by atoms with Crippen LogP contribution < -0.4 is 16.6 Å². The maximum atomic E-state index is 12.2. The second-order valence-corrected chi connectivity index (χ2v) is 5.54. The fraction of sp³-hybridized carbons (Fsp3) is 0.500. The first-order chi connectivity index (χ1) is 8.54. The van der Waals surface area contributed by atoms with Crippen molar-refractivity contribution >= 4 is 11.6 Å². The molecule has 0 bridgehead atoms. The van der Waals surface area contributed by atoms with Gasteiger partial charge in [-0.25, -0.2) is 0 Å². The van der Waals surface area contributed by atoms with Crippen LogP contribution in [0.25, 0.3) is 0 Å². The number of aryl methyl sites for hydroxylation is 1. The standard InChI is InChI=1S/C14H21N3O/c1-10-4-5-12(17-15)11(8-10)13(18)16-9-14(2)6-3-7-14/h4-5,8,17H,3,6-7,9,15H2,1-2H3,(H,16,18). The van der Waals surface area contributed by atoms with Crippen molar-refractivity contribution in [2.24, 2.45) is 11.3 Å². The second kappa shape index (κ2) is 4.98. The second-order valence-electron chi connectivity index (χ2n) is 5.54. The third-order valence-corrected chi connectivity index (χ3v) is 3.81. The number of nitrogens with one attached hydrogen (secondary N) is 2. The molecule has 0 aliphatic heterocycles. The van der Waals surface area contributed by atoms with Gasteiger partial charge >= 0.3 is 0 Å². The molecule has 0 spiro atoms. The summed E-state index contributed by atoms with van der Waals surface area (Å²) in [7, 11) is 0. The predicted molar refractivity (Wildman–Crippen MR) is 73.3 cm³/mol. The average molecular weight is 247 g/mol. The van der Waals surface area contributed by atoms with Crippen LogP contribution in [0.3, 0.4) is 0 Å². The molecule has 0 unspecified atom stereocenters. The van der Waals surface area contributed by atoms with Gasteiger partial charge in [0, 0.05) is 6.54 Å². The fourth-order valence-electron chi connectivity index (χ4n) is 2.32. The lowest BCUT2D eigenvalue weighted by atomic mass is 9.70. The minimum Gasteiger partial charge on any atom is -0.351 e. The number of hydrogen-bond donors (Lipinski definition) is 3. The molecule has 98 valence electrons. The minimum absolute atomic E-state index is 0.0558. The number of benzene rings is 1. The van der Waals surface area contributed by atoms with Gasteiger partial charge < -0.3 is 10.7 Å². The average Bonchev–Trinajstić information content (AvgIpc) is 2.33. The third kappa shape index (κ3) is 2.64. The molecule has 2 rings (SSSR count). The van der Waals surface area contributed by atoms with Gasteiger partial charge in [-0.15, -0.1) is 0 Å². The summed E-state index contributed by atoms with van der Waals surface area (Å²) >= 11 is 0. The van der Waals surface area contributed by atoms with E-state index in [1.54, 1.807) is 0 Å². The van der Waals surface area contributed by atoms with Crippen LogP contribution in [0.1, 0.15) is 42.1 Å². The van der Waals surface area contributed by atoms with Crippen LogP contribution >= 0.6 is 0 Å². The molecule has 0 atom stereocenters. The van der Waals surface area contributed by atoms with Crippen molar-refractivity contribution in [3.63, 3.8) is 0 Å². The molecule has 0 saturated heterocycles. The minimum atomic E-state index is -0.0558. The van der Waals surface area contributed by atoms with Gasteiger partial charge in [-0.05, 0) is 37.3 Å². The highest BCUT2D eigenvalue weighted by atomic mass is 16.1. The first kappa shape index (κ1) is 12.9. The lowest BCUT2D eigenvalue weighted by molar-refractivity contribution is 0.0891. The first-order valence-corrected chi connectivity index (χ1v) is 6.40. The number of anilines is 1. The summed E-state index contributed by atoms with van der Waals surface area (Å²) in [6, 6.07) is 5.61. The topological polar surface area (TPSA) is 67.1 Å². The summed E-state index contributed by atoms with van der Waals surface area (Å²) in [4.78, 5) is 12.2. The Morgan fingerprint density at radius 1 is 1.44 bits per heavy atom. The third-order valence-electron chi connectivity index (χ3n) is 3.81. The van der Waals surface area contributed by atoms with Crippen molar-refractivity contribution in [2.75, 3.05) is 12.0 Å². The lowest BCUT2D eigenvalue weighted by Crippen LogP contribution is -2.40. The summed E-state index contributed by atoms with van der Waals surface area (Å²) in [5.74, 6) is 5.37. The smallest absolute Gasteiger partial charge is 0.253 e. The Morgan fingerprint density at radius 2 is 2.17 bits per heavy atom. The van der Waals surface area contributed by atoms with E-state index in [-0.39, 0.29) is 11.3 Å². The van der Waals surface area contributed by atoms with Gasteiger partial charge in [-0.1, -0.05) is 25.0 Å². The molecule has 4 N–H and O–H groups in total. The highest BCUT2D eigenvalue weighted by molar-refractivity contribution is 5.99. The van der Waals surface area contributed by atoms with Gasteiger partial charge in [0.15, 0.2) is 0 Å². The highest BCUT2D eigenvalue weighted by Crippen LogP contribution is 2.39. The number of nitrogen functional groups attached to an aromatic ring is 1. The number of hydrazine groups is 1. The van der Waals surface area contributed by atoms with E-state index >= 15 is 0 Å². The van der Waals surface area contributed by atoms with Crippen LogP contribution in [0.5, 0.6) is 0 Å². The molecule has 1 fully saturated rings. The van der Waals surface area contributed by atoms with Crippen LogP contribution in [-0.2, 0) is 0 Å². The Balaban J connectivity index is 2.05. The zero-order valence-electron chi connectivity index (χ0n) is 11.0. The summed E-state index contributed by atoms with van der Waals surface area (Å²) < 4.78 is 0. The molecule has 1 aliphatic carbocycles. The quantitative estimate of drug-likeness (QED) is 0.564. The number of rotatable bonds is 4. The van der Waals surface area contributed by atoms with Crippen LogP contribution in [0, 0.1) is 12.3 Å². The van der Waals surface area contributed by atoms with Crippen LogP contribution in [-0.4, -0.2) is 12.5 Å². The molecule has 1 saturated carbocycles. The van der Waals surface area contributed by atoms with E-state index in [1.165, 1.54) is 19.3 Å². The SMILES string of the molecule is Cc1ccc(NN)c(C(=O)NCC2(C)CCC2)c1. The van der Waals surface area contributed by atoms with Crippen molar-refractivity contribution in [1.29, 1.82) is 0 Å². The van der Waals surface area contributed by atoms with Crippen LogP contribution in [0.15, 0.2) is 18.2 Å². The Labute approximate surface area is 108 Å². The maximum Gasteiger partial charge on any atom is 0.253 e. The number of carbonyl (C=O) groups is 1. The molecule has 4 heteroatoms. The zero-order chi connectivity index (χ0) is 13.2. The molecule has 1 aromatic carbocycles. The van der Waals surface area contributed by atoms with Gasteiger partial charge in [-0.2, -0.15) is 0 Å². The van der Waals surface area contributed by atoms with Gasteiger partial charge in [-0.3, -0.25) is 10.6 Å². The monoisotopic (exact) mass is 247 g/mol.